The molecule has 3 aliphatic heterocycles. The van der Waals surface area contributed by atoms with Crippen LogP contribution in [-0.4, -0.2) is 53.9 Å². The number of fused-ring (bicyclic) bond motifs is 2. The number of allylic oxidation sites excluding steroid dienone is 1. The first kappa shape index (κ1) is 33.5. The van der Waals surface area contributed by atoms with Gasteiger partial charge in [-0.1, -0.05) is 76.4 Å². The fourth-order valence-electron chi connectivity index (χ4n) is 6.11. The van der Waals surface area contributed by atoms with E-state index in [9.17, 15) is 4.79 Å². The Kier molecular flexibility index (Phi) is 13.4. The number of piperidine rings is 1. The summed E-state index contributed by atoms with van der Waals surface area (Å²) in [6.45, 7) is 10.9. The van der Waals surface area contributed by atoms with Crippen LogP contribution < -0.4 is 9.47 Å². The Labute approximate surface area is 257 Å². The molecule has 1 saturated heterocycles. The number of halogens is 1. The van der Waals surface area contributed by atoms with Gasteiger partial charge < -0.3 is 19.1 Å². The molecule has 1 aromatic rings. The number of unbranched alkanes of at least 4 members (excludes halogenated alkanes) is 2. The standard InChI is InChI=1S/C32H49NO4S2.ClH/c1-6-7-9-14-23(2)24(3)25-21-27(36-29(34)16-12-19-33-17-10-8-11-18-33)30-26-15-13-20-35-31(26)32(38-4,39-5)37-28(30)22-25;/h21-24H,6-20H2,1-5H3;1H. The van der Waals surface area contributed by atoms with Gasteiger partial charge in [0, 0.05) is 12.0 Å². The zero-order valence-corrected chi connectivity index (χ0v) is 27.7. The zero-order valence-electron chi connectivity index (χ0n) is 25.2. The van der Waals surface area contributed by atoms with E-state index in [1.807, 2.05) is 0 Å². The highest BCUT2D eigenvalue weighted by Crippen LogP contribution is 2.56. The van der Waals surface area contributed by atoms with Crippen LogP contribution in [0.1, 0.15) is 108 Å². The Morgan fingerprint density at radius 2 is 1.82 bits per heavy atom. The van der Waals surface area contributed by atoms with Crippen molar-refractivity contribution in [2.24, 2.45) is 5.92 Å². The molecule has 8 heteroatoms. The topological polar surface area (TPSA) is 48.0 Å². The number of likely N-dealkylation sites (tertiary alicyclic amines) is 1. The molecule has 0 spiro atoms. The van der Waals surface area contributed by atoms with Crippen molar-refractivity contribution in [3.63, 3.8) is 0 Å². The van der Waals surface area contributed by atoms with Crippen LogP contribution in [0.4, 0.5) is 0 Å². The summed E-state index contributed by atoms with van der Waals surface area (Å²) in [5.41, 5.74) is 3.24. The van der Waals surface area contributed by atoms with Crippen molar-refractivity contribution in [3.8, 4) is 11.5 Å². The predicted octanol–water partition coefficient (Wildman–Crippen LogP) is 8.89. The number of carbonyl (C=O) groups excluding carboxylic acids is 1. The van der Waals surface area contributed by atoms with Crippen LogP contribution >= 0.6 is 35.9 Å². The van der Waals surface area contributed by atoms with Gasteiger partial charge in [-0.15, -0.1) is 12.4 Å². The second-order valence-corrected chi connectivity index (χ2v) is 13.7. The normalized spacial score (nSPS) is 19.8. The van der Waals surface area contributed by atoms with Crippen LogP contribution in [0.2, 0.25) is 0 Å². The van der Waals surface area contributed by atoms with E-state index >= 15 is 0 Å². The highest BCUT2D eigenvalue weighted by molar-refractivity contribution is 8.17. The quantitative estimate of drug-likeness (QED) is 0.0955. The van der Waals surface area contributed by atoms with Crippen LogP contribution in [0.3, 0.4) is 0 Å². The fourth-order valence-corrected chi connectivity index (χ4v) is 7.86. The minimum absolute atomic E-state index is 0. The maximum atomic E-state index is 13.2. The molecule has 0 saturated carbocycles. The average molecular weight is 612 g/mol. The molecule has 0 bridgehead atoms. The van der Waals surface area contributed by atoms with Crippen molar-refractivity contribution in [1.82, 2.24) is 4.90 Å². The molecular weight excluding hydrogens is 562 g/mol. The van der Waals surface area contributed by atoms with E-state index in [0.29, 0.717) is 30.6 Å². The lowest BCUT2D eigenvalue weighted by Crippen LogP contribution is -2.37. The molecule has 5 nitrogen and oxygen atoms in total. The van der Waals surface area contributed by atoms with E-state index in [-0.39, 0.29) is 18.4 Å². The van der Waals surface area contributed by atoms with E-state index in [4.69, 9.17) is 14.2 Å². The van der Waals surface area contributed by atoms with Gasteiger partial charge in [0.1, 0.15) is 11.5 Å². The van der Waals surface area contributed by atoms with Crippen LogP contribution in [0.5, 0.6) is 11.5 Å². The maximum Gasteiger partial charge on any atom is 0.311 e. The summed E-state index contributed by atoms with van der Waals surface area (Å²) >= 11 is 3.33. The third kappa shape index (κ3) is 7.87. The van der Waals surface area contributed by atoms with Crippen molar-refractivity contribution in [1.29, 1.82) is 0 Å². The summed E-state index contributed by atoms with van der Waals surface area (Å²) in [4.78, 5) is 15.7. The lowest BCUT2D eigenvalue weighted by atomic mass is 9.83. The highest BCUT2D eigenvalue weighted by Gasteiger charge is 2.46. The van der Waals surface area contributed by atoms with Crippen molar-refractivity contribution in [3.05, 3.63) is 29.0 Å². The molecule has 1 aromatic carbocycles. The van der Waals surface area contributed by atoms with Gasteiger partial charge in [0.05, 0.1) is 12.2 Å². The van der Waals surface area contributed by atoms with E-state index in [0.717, 1.165) is 61.5 Å². The van der Waals surface area contributed by atoms with Gasteiger partial charge in [-0.05, 0) is 93.8 Å². The summed E-state index contributed by atoms with van der Waals surface area (Å²) < 4.78 is 18.6. The molecule has 0 amide bonds. The Balaban J connectivity index is 0.00000441. The van der Waals surface area contributed by atoms with Gasteiger partial charge in [0.25, 0.3) is 4.27 Å². The van der Waals surface area contributed by atoms with Gasteiger partial charge in [-0.25, -0.2) is 0 Å². The zero-order chi connectivity index (χ0) is 27.8. The van der Waals surface area contributed by atoms with Gasteiger partial charge >= 0.3 is 5.97 Å². The minimum Gasteiger partial charge on any atom is -0.491 e. The van der Waals surface area contributed by atoms with Crippen molar-refractivity contribution in [2.75, 3.05) is 38.8 Å². The molecule has 2 unspecified atom stereocenters. The molecule has 226 valence electrons. The first-order valence-electron chi connectivity index (χ1n) is 15.2. The van der Waals surface area contributed by atoms with Crippen LogP contribution in [0, 0.1) is 5.92 Å². The lowest BCUT2D eigenvalue weighted by Gasteiger charge is -2.41. The minimum atomic E-state index is -0.618. The predicted molar refractivity (Wildman–Crippen MR) is 173 cm³/mol. The molecule has 4 rings (SSSR count). The Bertz CT molecular complexity index is 1010. The van der Waals surface area contributed by atoms with E-state index < -0.39 is 4.27 Å². The molecular formula is C32H50ClNO4S2. The number of hydrogen-bond donors (Lipinski definition) is 0. The molecule has 3 aliphatic rings. The molecule has 1 fully saturated rings. The molecule has 0 aromatic heterocycles. The lowest BCUT2D eigenvalue weighted by molar-refractivity contribution is -0.134. The maximum absolute atomic E-state index is 13.2. The molecule has 0 aliphatic carbocycles. The third-order valence-corrected chi connectivity index (χ3v) is 11.3. The number of esters is 1. The van der Waals surface area contributed by atoms with Gasteiger partial charge in [0.15, 0.2) is 5.76 Å². The third-order valence-electron chi connectivity index (χ3n) is 8.71. The average Bonchev–Trinajstić information content (AvgIpc) is 2.96. The monoisotopic (exact) mass is 611 g/mol. The number of ether oxygens (including phenoxy) is 3. The smallest absolute Gasteiger partial charge is 0.311 e. The summed E-state index contributed by atoms with van der Waals surface area (Å²) in [7, 11) is 0. The second kappa shape index (κ2) is 16.0. The number of nitrogens with zero attached hydrogens (tertiary/aromatic N) is 1. The largest absolute Gasteiger partial charge is 0.491 e. The van der Waals surface area contributed by atoms with Crippen LogP contribution in [0.15, 0.2) is 17.9 Å². The summed E-state index contributed by atoms with van der Waals surface area (Å²) in [5.74, 6) is 3.07. The first-order valence-corrected chi connectivity index (χ1v) is 17.6. The summed E-state index contributed by atoms with van der Waals surface area (Å²) in [6, 6.07) is 4.33. The Morgan fingerprint density at radius 3 is 2.52 bits per heavy atom. The van der Waals surface area contributed by atoms with Gasteiger partial charge in [-0.3, -0.25) is 4.79 Å². The number of carbonyl (C=O) groups is 1. The molecule has 2 atom stereocenters. The Morgan fingerprint density at radius 1 is 1.07 bits per heavy atom. The van der Waals surface area contributed by atoms with E-state index in [1.54, 1.807) is 23.5 Å². The van der Waals surface area contributed by atoms with Crippen LogP contribution in [0.25, 0.3) is 5.57 Å². The van der Waals surface area contributed by atoms with Crippen molar-refractivity contribution < 1.29 is 19.0 Å². The number of thioether (sulfide) groups is 2. The number of rotatable bonds is 13. The molecule has 0 radical (unpaired) electrons. The second-order valence-electron chi connectivity index (χ2n) is 11.5. The van der Waals surface area contributed by atoms with Gasteiger partial charge in [0.2, 0.25) is 0 Å². The van der Waals surface area contributed by atoms with E-state index in [1.165, 1.54) is 50.5 Å². The first-order chi connectivity index (χ1) is 18.9. The van der Waals surface area contributed by atoms with E-state index in [2.05, 4.69) is 50.3 Å². The number of hydrogen-bond acceptors (Lipinski definition) is 7. The molecule has 3 heterocycles. The Hall–Kier alpha value is -1.02. The SMILES string of the molecule is CCCCCC(C)C(C)c1cc(OC(=O)CCCN2CCCCC2)c2c(c1)OC(SC)(SC)C1=C2CCCO1.Cl. The molecule has 0 N–H and O–H groups in total. The summed E-state index contributed by atoms with van der Waals surface area (Å²) in [6.07, 6.45) is 16.1. The van der Waals surface area contributed by atoms with Crippen LogP contribution in [-0.2, 0) is 9.53 Å². The molecule has 40 heavy (non-hydrogen) atoms. The fraction of sp³-hybridized carbons (Fsp3) is 0.719. The van der Waals surface area contributed by atoms with Crippen molar-refractivity contribution in [2.45, 2.75) is 102 Å². The van der Waals surface area contributed by atoms with Gasteiger partial charge in [-0.2, -0.15) is 0 Å². The highest BCUT2D eigenvalue weighted by atomic mass is 35.5. The summed E-state index contributed by atoms with van der Waals surface area (Å²) in [5, 5.41) is 0. The van der Waals surface area contributed by atoms with Crippen molar-refractivity contribution >= 4 is 47.5 Å². The number of benzene rings is 1.